The minimum absolute atomic E-state index is 0.0639. The highest BCUT2D eigenvalue weighted by molar-refractivity contribution is 5.31. The van der Waals surface area contributed by atoms with Crippen LogP contribution in [-0.4, -0.2) is 6.10 Å². The van der Waals surface area contributed by atoms with Crippen molar-refractivity contribution >= 4 is 0 Å². The fraction of sp³-hybridized carbons (Fsp3) is 0.368. The molecule has 2 heteroatoms. The Labute approximate surface area is 126 Å². The van der Waals surface area contributed by atoms with E-state index in [1.165, 1.54) is 29.5 Å². The first-order valence-electron chi connectivity index (χ1n) is 7.78. The van der Waals surface area contributed by atoms with Gasteiger partial charge in [-0.25, -0.2) is 0 Å². The molecule has 0 aliphatic heterocycles. The summed E-state index contributed by atoms with van der Waals surface area (Å²) in [6, 6.07) is 17.0. The van der Waals surface area contributed by atoms with Crippen LogP contribution in [-0.2, 0) is 6.42 Å². The van der Waals surface area contributed by atoms with Gasteiger partial charge in [0.25, 0.3) is 0 Å². The summed E-state index contributed by atoms with van der Waals surface area (Å²) in [5.74, 6) is 0.959. The van der Waals surface area contributed by atoms with Gasteiger partial charge < -0.3 is 10.5 Å². The number of ether oxygens (including phenoxy) is 1. The number of rotatable bonds is 6. The molecule has 2 N–H and O–H groups in total. The van der Waals surface area contributed by atoms with E-state index in [0.29, 0.717) is 6.10 Å². The molecule has 1 aliphatic rings. The van der Waals surface area contributed by atoms with Crippen LogP contribution in [0.3, 0.4) is 0 Å². The van der Waals surface area contributed by atoms with Crippen LogP contribution >= 0.6 is 0 Å². The first-order chi connectivity index (χ1) is 10.2. The van der Waals surface area contributed by atoms with Gasteiger partial charge in [0.05, 0.1) is 6.10 Å². The van der Waals surface area contributed by atoms with Gasteiger partial charge in [-0.2, -0.15) is 0 Å². The van der Waals surface area contributed by atoms with Crippen LogP contribution in [0, 0.1) is 6.92 Å². The topological polar surface area (TPSA) is 35.2 Å². The van der Waals surface area contributed by atoms with E-state index >= 15 is 0 Å². The van der Waals surface area contributed by atoms with Crippen LogP contribution in [0.4, 0.5) is 0 Å². The fourth-order valence-electron chi connectivity index (χ4n) is 2.44. The van der Waals surface area contributed by atoms with Crippen molar-refractivity contribution in [3.8, 4) is 5.75 Å². The van der Waals surface area contributed by atoms with Gasteiger partial charge in [0.2, 0.25) is 0 Å². The number of benzene rings is 2. The quantitative estimate of drug-likeness (QED) is 0.862. The lowest BCUT2D eigenvalue weighted by molar-refractivity contribution is 0.302. The first-order valence-corrected chi connectivity index (χ1v) is 7.78. The minimum Gasteiger partial charge on any atom is -0.490 e. The van der Waals surface area contributed by atoms with Crippen LogP contribution in [0.2, 0.25) is 0 Å². The Morgan fingerprint density at radius 3 is 2.62 bits per heavy atom. The smallest absolute Gasteiger partial charge is 0.120 e. The van der Waals surface area contributed by atoms with Gasteiger partial charge in [-0.05, 0) is 55.9 Å². The van der Waals surface area contributed by atoms with Crippen LogP contribution in [0.25, 0.3) is 0 Å². The molecular weight excluding hydrogens is 258 g/mol. The van der Waals surface area contributed by atoms with Crippen molar-refractivity contribution in [1.29, 1.82) is 0 Å². The molecule has 3 rings (SSSR count). The van der Waals surface area contributed by atoms with Gasteiger partial charge in [-0.3, -0.25) is 0 Å². The average molecular weight is 281 g/mol. The van der Waals surface area contributed by atoms with E-state index < -0.39 is 0 Å². The molecule has 1 saturated carbocycles. The normalized spacial score (nSPS) is 15.7. The number of nitrogens with two attached hydrogens (primary N) is 1. The van der Waals surface area contributed by atoms with E-state index in [1.54, 1.807) is 0 Å². The zero-order valence-corrected chi connectivity index (χ0v) is 12.6. The summed E-state index contributed by atoms with van der Waals surface area (Å²) < 4.78 is 5.84. The summed E-state index contributed by atoms with van der Waals surface area (Å²) in [5.41, 5.74) is 10.1. The molecule has 2 nitrogen and oxygen atoms in total. The van der Waals surface area contributed by atoms with Crippen molar-refractivity contribution in [2.75, 3.05) is 0 Å². The molecule has 2 aromatic rings. The lowest BCUT2D eigenvalue weighted by Gasteiger charge is -2.14. The summed E-state index contributed by atoms with van der Waals surface area (Å²) in [6.45, 7) is 2.11. The molecule has 1 fully saturated rings. The van der Waals surface area contributed by atoms with Crippen molar-refractivity contribution in [2.24, 2.45) is 5.73 Å². The Balaban J connectivity index is 1.58. The molecule has 1 atom stereocenters. The molecule has 0 radical (unpaired) electrons. The molecule has 0 heterocycles. The van der Waals surface area contributed by atoms with Crippen LogP contribution < -0.4 is 10.5 Å². The average Bonchev–Trinajstić information content (AvgIpc) is 3.30. The summed E-state index contributed by atoms with van der Waals surface area (Å²) in [7, 11) is 0. The highest BCUT2D eigenvalue weighted by Crippen LogP contribution is 2.28. The summed E-state index contributed by atoms with van der Waals surface area (Å²) in [6.07, 6.45) is 4.77. The van der Waals surface area contributed by atoms with Crippen LogP contribution in [0.5, 0.6) is 5.75 Å². The minimum atomic E-state index is 0.0639. The third-order valence-electron chi connectivity index (χ3n) is 3.98. The van der Waals surface area contributed by atoms with Crippen molar-refractivity contribution in [3.63, 3.8) is 0 Å². The molecule has 1 unspecified atom stereocenters. The van der Waals surface area contributed by atoms with E-state index in [2.05, 4.69) is 43.3 Å². The third kappa shape index (κ3) is 4.08. The maximum atomic E-state index is 6.33. The molecule has 2 aromatic carbocycles. The van der Waals surface area contributed by atoms with E-state index in [-0.39, 0.29) is 6.04 Å². The Bertz CT molecular complexity index is 587. The fourth-order valence-corrected chi connectivity index (χ4v) is 2.44. The predicted octanol–water partition coefficient (Wildman–Crippen LogP) is 4.17. The van der Waals surface area contributed by atoms with Gasteiger partial charge >= 0.3 is 0 Å². The Morgan fingerprint density at radius 1 is 1.14 bits per heavy atom. The Kier molecular flexibility index (Phi) is 4.26. The van der Waals surface area contributed by atoms with Crippen LogP contribution in [0.15, 0.2) is 48.5 Å². The molecule has 1 aliphatic carbocycles. The van der Waals surface area contributed by atoms with Gasteiger partial charge in [0, 0.05) is 6.04 Å². The highest BCUT2D eigenvalue weighted by atomic mass is 16.5. The summed E-state index contributed by atoms with van der Waals surface area (Å²) in [5, 5.41) is 0. The molecule has 0 aromatic heterocycles. The number of hydrogen-bond donors (Lipinski definition) is 1. The summed E-state index contributed by atoms with van der Waals surface area (Å²) in [4.78, 5) is 0. The number of hydrogen-bond acceptors (Lipinski definition) is 2. The van der Waals surface area contributed by atoms with Crippen molar-refractivity contribution in [1.82, 2.24) is 0 Å². The van der Waals surface area contributed by atoms with Crippen LogP contribution in [0.1, 0.15) is 42.0 Å². The molecular formula is C19H23NO. The van der Waals surface area contributed by atoms with E-state index in [1.807, 2.05) is 12.1 Å². The van der Waals surface area contributed by atoms with Gasteiger partial charge in [0.1, 0.15) is 5.75 Å². The lowest BCUT2D eigenvalue weighted by atomic mass is 9.99. The molecule has 0 amide bonds. The molecule has 0 spiro atoms. The zero-order chi connectivity index (χ0) is 14.7. The number of aryl methyl sites for hydroxylation is 2. The maximum Gasteiger partial charge on any atom is 0.120 e. The van der Waals surface area contributed by atoms with Crippen molar-refractivity contribution < 1.29 is 4.74 Å². The summed E-state index contributed by atoms with van der Waals surface area (Å²) >= 11 is 0. The first kappa shape index (κ1) is 14.2. The molecule has 0 bridgehead atoms. The van der Waals surface area contributed by atoms with E-state index in [0.717, 1.165) is 18.6 Å². The monoisotopic (exact) mass is 281 g/mol. The van der Waals surface area contributed by atoms with Gasteiger partial charge in [0.15, 0.2) is 0 Å². The molecule has 21 heavy (non-hydrogen) atoms. The second-order valence-corrected chi connectivity index (χ2v) is 6.02. The molecule has 0 saturated heterocycles. The Hall–Kier alpha value is -1.80. The standard InChI is InChI=1S/C19H23NO/c1-14-5-7-15(8-6-14)9-12-19(20)16-3-2-4-18(13-16)21-17-10-11-17/h2-8,13,17,19H,9-12,20H2,1H3. The third-order valence-corrected chi connectivity index (χ3v) is 3.98. The SMILES string of the molecule is Cc1ccc(CCC(N)c2cccc(OC3CC3)c2)cc1. The second kappa shape index (κ2) is 6.31. The predicted molar refractivity (Wildman–Crippen MR) is 86.5 cm³/mol. The maximum absolute atomic E-state index is 6.33. The van der Waals surface area contributed by atoms with Gasteiger partial charge in [-0.1, -0.05) is 42.0 Å². The van der Waals surface area contributed by atoms with Crippen molar-refractivity contribution in [3.05, 3.63) is 65.2 Å². The van der Waals surface area contributed by atoms with Crippen molar-refractivity contribution in [2.45, 2.75) is 44.8 Å². The lowest BCUT2D eigenvalue weighted by Crippen LogP contribution is -2.11. The zero-order valence-electron chi connectivity index (χ0n) is 12.6. The highest BCUT2D eigenvalue weighted by Gasteiger charge is 2.23. The Morgan fingerprint density at radius 2 is 1.90 bits per heavy atom. The molecule has 110 valence electrons. The largest absolute Gasteiger partial charge is 0.490 e. The van der Waals surface area contributed by atoms with E-state index in [4.69, 9.17) is 10.5 Å². The van der Waals surface area contributed by atoms with E-state index in [9.17, 15) is 0 Å². The second-order valence-electron chi connectivity index (χ2n) is 6.02. The van der Waals surface area contributed by atoms with Gasteiger partial charge in [-0.15, -0.1) is 0 Å².